The Labute approximate surface area is 188 Å². The van der Waals surface area contributed by atoms with Crippen molar-refractivity contribution in [2.75, 3.05) is 18.4 Å². The molecule has 4 rings (SSSR count). The molecule has 1 aliphatic rings. The molecule has 3 aromatic rings. The number of nitrogens with zero attached hydrogens (tertiary/aromatic N) is 1. The zero-order valence-electron chi connectivity index (χ0n) is 16.7. The summed E-state index contributed by atoms with van der Waals surface area (Å²) in [4.78, 5) is 26.7. The van der Waals surface area contributed by atoms with Gasteiger partial charge in [0.1, 0.15) is 5.75 Å². The zero-order valence-corrected chi connectivity index (χ0v) is 18.3. The van der Waals surface area contributed by atoms with E-state index >= 15 is 0 Å². The average Bonchev–Trinajstić information content (AvgIpc) is 3.22. The number of phenolic OH excluding ortho intramolecular Hbond substituents is 1. The van der Waals surface area contributed by atoms with Gasteiger partial charge >= 0.3 is 0 Å². The maximum absolute atomic E-state index is 12.7. The molecule has 7 heteroatoms. The Kier molecular flexibility index (Phi) is 6.23. The van der Waals surface area contributed by atoms with Crippen LogP contribution >= 0.6 is 15.9 Å². The lowest BCUT2D eigenvalue weighted by molar-refractivity contribution is -0.130. The van der Waals surface area contributed by atoms with E-state index < -0.39 is 0 Å². The van der Waals surface area contributed by atoms with Gasteiger partial charge in [-0.25, -0.2) is 0 Å². The first kappa shape index (κ1) is 20.9. The van der Waals surface area contributed by atoms with Gasteiger partial charge in [-0.3, -0.25) is 9.59 Å². The minimum Gasteiger partial charge on any atom is -0.508 e. The Bertz CT molecular complexity index is 1120. The van der Waals surface area contributed by atoms with Gasteiger partial charge in [-0.15, -0.1) is 0 Å². The van der Waals surface area contributed by atoms with Gasteiger partial charge in [-0.2, -0.15) is 0 Å². The van der Waals surface area contributed by atoms with Crippen LogP contribution in [-0.2, 0) is 11.2 Å². The van der Waals surface area contributed by atoms with Crippen LogP contribution in [0.15, 0.2) is 75.8 Å². The standard InChI is InChI=1S/C24H21BrN2O4/c25-22-10-9-21(31-22)24(30)26-19-5-1-16(2-6-19)15-23(29)27-13-11-18(12-14-27)17-3-7-20(28)8-4-17/h1-11,28H,12-15H2,(H,26,30). The fraction of sp³-hybridized carbons (Fsp3) is 0.167. The molecule has 0 saturated carbocycles. The van der Waals surface area contributed by atoms with Crippen LogP contribution in [0.5, 0.6) is 5.75 Å². The molecule has 0 radical (unpaired) electrons. The Morgan fingerprint density at radius 1 is 1.03 bits per heavy atom. The fourth-order valence-electron chi connectivity index (χ4n) is 3.45. The maximum Gasteiger partial charge on any atom is 0.291 e. The molecule has 31 heavy (non-hydrogen) atoms. The summed E-state index contributed by atoms with van der Waals surface area (Å²) in [6, 6.07) is 17.6. The summed E-state index contributed by atoms with van der Waals surface area (Å²) in [6.45, 7) is 1.24. The van der Waals surface area contributed by atoms with Crippen molar-refractivity contribution < 1.29 is 19.1 Å². The van der Waals surface area contributed by atoms with Crippen molar-refractivity contribution in [1.29, 1.82) is 0 Å². The summed E-state index contributed by atoms with van der Waals surface area (Å²) in [5, 5.41) is 12.2. The molecule has 0 atom stereocenters. The normalized spacial score (nSPS) is 13.6. The number of benzene rings is 2. The van der Waals surface area contributed by atoms with Gasteiger partial charge in [0, 0.05) is 18.8 Å². The molecule has 2 N–H and O–H groups in total. The molecule has 0 spiro atoms. The number of rotatable bonds is 5. The summed E-state index contributed by atoms with van der Waals surface area (Å²) in [5.41, 5.74) is 3.78. The molecular weight excluding hydrogens is 460 g/mol. The number of phenols is 1. The van der Waals surface area contributed by atoms with Crippen LogP contribution in [0.2, 0.25) is 0 Å². The van der Waals surface area contributed by atoms with Crippen molar-refractivity contribution in [1.82, 2.24) is 4.90 Å². The summed E-state index contributed by atoms with van der Waals surface area (Å²) >= 11 is 3.17. The number of anilines is 1. The Morgan fingerprint density at radius 2 is 1.77 bits per heavy atom. The number of carbonyl (C=O) groups excluding carboxylic acids is 2. The van der Waals surface area contributed by atoms with Gasteiger partial charge in [-0.05, 0) is 75.4 Å². The largest absolute Gasteiger partial charge is 0.508 e. The number of nitrogens with one attached hydrogen (secondary N) is 1. The third-order valence-electron chi connectivity index (χ3n) is 5.16. The first-order valence-electron chi connectivity index (χ1n) is 9.90. The second-order valence-corrected chi connectivity index (χ2v) is 8.08. The lowest BCUT2D eigenvalue weighted by atomic mass is 9.99. The van der Waals surface area contributed by atoms with E-state index in [1.807, 2.05) is 29.2 Å². The van der Waals surface area contributed by atoms with Crippen molar-refractivity contribution in [3.8, 4) is 5.75 Å². The molecule has 1 aliphatic heterocycles. The smallest absolute Gasteiger partial charge is 0.291 e. The summed E-state index contributed by atoms with van der Waals surface area (Å²) in [5.74, 6) is 0.199. The van der Waals surface area contributed by atoms with Gasteiger partial charge < -0.3 is 19.7 Å². The predicted octanol–water partition coefficient (Wildman–Crippen LogP) is 4.86. The number of halogens is 1. The fourth-order valence-corrected chi connectivity index (χ4v) is 3.76. The third-order valence-corrected chi connectivity index (χ3v) is 5.59. The quantitative estimate of drug-likeness (QED) is 0.546. The topological polar surface area (TPSA) is 82.8 Å². The van der Waals surface area contributed by atoms with Crippen LogP contribution in [0.1, 0.15) is 28.1 Å². The van der Waals surface area contributed by atoms with Crippen LogP contribution < -0.4 is 5.32 Å². The van der Waals surface area contributed by atoms with Crippen LogP contribution in [-0.4, -0.2) is 34.9 Å². The van der Waals surface area contributed by atoms with E-state index in [0.29, 0.717) is 29.9 Å². The number of carbonyl (C=O) groups is 2. The first-order chi connectivity index (χ1) is 15.0. The molecule has 0 unspecified atom stereocenters. The maximum atomic E-state index is 12.7. The van der Waals surface area contributed by atoms with E-state index in [4.69, 9.17) is 4.42 Å². The summed E-state index contributed by atoms with van der Waals surface area (Å²) in [7, 11) is 0. The third kappa shape index (κ3) is 5.24. The van der Waals surface area contributed by atoms with Gasteiger partial charge in [0.05, 0.1) is 6.42 Å². The highest BCUT2D eigenvalue weighted by Crippen LogP contribution is 2.24. The van der Waals surface area contributed by atoms with Crippen molar-refractivity contribution in [3.63, 3.8) is 0 Å². The Balaban J connectivity index is 1.31. The number of aromatic hydroxyl groups is 1. The van der Waals surface area contributed by atoms with E-state index in [9.17, 15) is 14.7 Å². The molecule has 158 valence electrons. The van der Waals surface area contributed by atoms with Gasteiger partial charge in [-0.1, -0.05) is 30.3 Å². The lowest BCUT2D eigenvalue weighted by Crippen LogP contribution is -2.35. The van der Waals surface area contributed by atoms with Crippen LogP contribution in [0, 0.1) is 0 Å². The van der Waals surface area contributed by atoms with Crippen LogP contribution in [0.25, 0.3) is 5.57 Å². The zero-order chi connectivity index (χ0) is 21.8. The molecule has 2 aromatic carbocycles. The number of hydrogen-bond acceptors (Lipinski definition) is 4. The molecule has 1 aromatic heterocycles. The van der Waals surface area contributed by atoms with E-state index in [1.54, 1.807) is 36.4 Å². The van der Waals surface area contributed by atoms with E-state index in [1.165, 1.54) is 5.57 Å². The molecule has 6 nitrogen and oxygen atoms in total. The first-order valence-corrected chi connectivity index (χ1v) is 10.7. The number of amides is 2. The highest BCUT2D eigenvalue weighted by atomic mass is 79.9. The Morgan fingerprint density at radius 3 is 2.39 bits per heavy atom. The van der Waals surface area contributed by atoms with E-state index in [2.05, 4.69) is 27.3 Å². The monoisotopic (exact) mass is 480 g/mol. The highest BCUT2D eigenvalue weighted by Gasteiger charge is 2.18. The van der Waals surface area contributed by atoms with Crippen LogP contribution in [0.4, 0.5) is 5.69 Å². The predicted molar refractivity (Wildman–Crippen MR) is 122 cm³/mol. The average molecular weight is 481 g/mol. The number of hydrogen-bond donors (Lipinski definition) is 2. The molecule has 0 aliphatic carbocycles. The molecule has 2 amide bonds. The van der Waals surface area contributed by atoms with Crippen molar-refractivity contribution in [2.45, 2.75) is 12.8 Å². The molecule has 0 fully saturated rings. The van der Waals surface area contributed by atoms with E-state index in [-0.39, 0.29) is 23.3 Å². The van der Waals surface area contributed by atoms with Crippen molar-refractivity contribution >= 4 is 39.0 Å². The molecule has 0 bridgehead atoms. The molecule has 2 heterocycles. The Hall–Kier alpha value is -3.32. The van der Waals surface area contributed by atoms with Gasteiger partial charge in [0.25, 0.3) is 5.91 Å². The summed E-state index contributed by atoms with van der Waals surface area (Å²) in [6.07, 6.45) is 3.16. The number of furan rings is 1. The highest BCUT2D eigenvalue weighted by molar-refractivity contribution is 9.10. The van der Waals surface area contributed by atoms with Crippen molar-refractivity contribution in [3.05, 3.63) is 88.3 Å². The second kappa shape index (κ2) is 9.22. The van der Waals surface area contributed by atoms with E-state index in [0.717, 1.165) is 17.5 Å². The molecule has 0 saturated heterocycles. The summed E-state index contributed by atoms with van der Waals surface area (Å²) < 4.78 is 5.74. The SMILES string of the molecule is O=C(Nc1ccc(CC(=O)N2CC=C(c3ccc(O)cc3)CC2)cc1)c1ccc(Br)o1. The molecular formula is C24H21BrN2O4. The van der Waals surface area contributed by atoms with Crippen molar-refractivity contribution in [2.24, 2.45) is 0 Å². The minimum atomic E-state index is -0.334. The van der Waals surface area contributed by atoms with Gasteiger partial charge in [0.2, 0.25) is 5.91 Å². The van der Waals surface area contributed by atoms with Gasteiger partial charge in [0.15, 0.2) is 10.4 Å². The second-order valence-electron chi connectivity index (χ2n) is 7.30. The van der Waals surface area contributed by atoms with Crippen LogP contribution in [0.3, 0.4) is 0 Å². The minimum absolute atomic E-state index is 0.0678. The lowest BCUT2D eigenvalue weighted by Gasteiger charge is -2.27.